The molecule has 2 aliphatic carbocycles. The summed E-state index contributed by atoms with van der Waals surface area (Å²) in [7, 11) is 0. The van der Waals surface area contributed by atoms with Crippen LogP contribution in [0.2, 0.25) is 0 Å². The molecule has 4 aromatic rings. The van der Waals surface area contributed by atoms with Crippen molar-refractivity contribution in [3.8, 4) is 47.5 Å². The lowest BCUT2D eigenvalue weighted by atomic mass is 9.81. The molecular weight excluding hydrogens is 904 g/mol. The Balaban J connectivity index is 1.96. The summed E-state index contributed by atoms with van der Waals surface area (Å²) in [5.41, 5.74) is -28.8. The molecule has 0 amide bonds. The predicted molar refractivity (Wildman–Crippen MR) is 191 cm³/mol. The highest BCUT2D eigenvalue weighted by molar-refractivity contribution is 6.33. The van der Waals surface area contributed by atoms with Gasteiger partial charge in [-0.2, -0.15) is 97.4 Å². The van der Waals surface area contributed by atoms with E-state index in [-0.39, 0.29) is 36.4 Å². The van der Waals surface area contributed by atoms with E-state index in [1.807, 2.05) is 0 Å². The Morgan fingerprint density at radius 1 is 0.354 bits per heavy atom. The first-order valence-electron chi connectivity index (χ1n) is 17.2. The van der Waals surface area contributed by atoms with Crippen molar-refractivity contribution in [2.75, 3.05) is 0 Å². The standard InChI is InChI=1S/C43H10F16N6/c44-38-34-27(15-64)29(18-5-23(40(48,49)50)9-24(6-18)41(51,52)53)32(20(11-60)12-61)36(34)31(17-1-3-22(4-2-17)39(45,46)47)37-33(21(13-62)14-63)30(28(16-65)35(37)38)19-7-25(42(54,55)56)10-26(8-19)43(57,58)59/h1-10H. The Morgan fingerprint density at radius 3 is 0.892 bits per heavy atom. The summed E-state index contributed by atoms with van der Waals surface area (Å²) >= 11 is 0. The molecule has 0 N–H and O–H groups in total. The summed E-state index contributed by atoms with van der Waals surface area (Å²) in [6, 6.07) is 8.84. The van der Waals surface area contributed by atoms with Gasteiger partial charge in [0.25, 0.3) is 0 Å². The summed E-state index contributed by atoms with van der Waals surface area (Å²) in [5, 5.41) is 61.9. The van der Waals surface area contributed by atoms with Crippen molar-refractivity contribution in [2.24, 2.45) is 0 Å². The molecule has 0 saturated carbocycles. The number of hydrogen-bond acceptors (Lipinski definition) is 6. The summed E-state index contributed by atoms with van der Waals surface area (Å²) in [5.74, 6) is -1.99. The zero-order valence-corrected chi connectivity index (χ0v) is 31.0. The minimum atomic E-state index is -5.60. The van der Waals surface area contributed by atoms with Crippen molar-refractivity contribution in [3.63, 3.8) is 0 Å². The van der Waals surface area contributed by atoms with Crippen LogP contribution in [0.25, 0.3) is 44.6 Å². The number of allylic oxidation sites excluding steroid dienone is 8. The van der Waals surface area contributed by atoms with Crippen LogP contribution < -0.4 is 0 Å². The number of fused-ring (bicyclic) bond motifs is 2. The van der Waals surface area contributed by atoms with E-state index in [1.54, 1.807) is 0 Å². The third-order valence-corrected chi connectivity index (χ3v) is 9.86. The van der Waals surface area contributed by atoms with Gasteiger partial charge in [-0.1, -0.05) is 12.1 Å². The Labute approximate surface area is 352 Å². The van der Waals surface area contributed by atoms with Gasteiger partial charge < -0.3 is 0 Å². The second-order valence-corrected chi connectivity index (χ2v) is 13.5. The zero-order valence-electron chi connectivity index (χ0n) is 31.0. The molecule has 324 valence electrons. The average Bonchev–Trinajstić information content (AvgIpc) is 3.74. The number of nitrogens with zero attached hydrogens (tertiary/aromatic N) is 6. The van der Waals surface area contributed by atoms with Crippen LogP contribution in [0.3, 0.4) is 0 Å². The van der Waals surface area contributed by atoms with Gasteiger partial charge >= 0.3 is 30.9 Å². The number of nitriles is 6. The molecule has 65 heavy (non-hydrogen) atoms. The molecule has 0 aromatic heterocycles. The molecule has 0 bridgehead atoms. The van der Waals surface area contributed by atoms with Gasteiger partial charge in [0, 0.05) is 44.5 Å². The summed E-state index contributed by atoms with van der Waals surface area (Å²) in [4.78, 5) is 0. The molecule has 22 heteroatoms. The molecule has 0 spiro atoms. The molecule has 0 heterocycles. The van der Waals surface area contributed by atoms with Crippen LogP contribution in [0.4, 0.5) is 70.2 Å². The summed E-state index contributed by atoms with van der Waals surface area (Å²) in [6.45, 7) is 0. The fourth-order valence-electron chi connectivity index (χ4n) is 7.33. The van der Waals surface area contributed by atoms with Crippen LogP contribution in [0.1, 0.15) is 61.2 Å². The zero-order chi connectivity index (χ0) is 48.5. The maximum absolute atomic E-state index is 17.8. The van der Waals surface area contributed by atoms with E-state index in [4.69, 9.17) is 0 Å². The molecule has 0 fully saturated rings. The molecule has 6 rings (SSSR count). The van der Waals surface area contributed by atoms with Crippen molar-refractivity contribution in [2.45, 2.75) is 30.9 Å². The molecule has 0 unspecified atom stereocenters. The monoisotopic (exact) mass is 914 g/mol. The molecular formula is C43H10F16N6. The largest absolute Gasteiger partial charge is 0.416 e. The van der Waals surface area contributed by atoms with Crippen LogP contribution in [-0.4, -0.2) is 0 Å². The second kappa shape index (κ2) is 15.5. The fraction of sp³-hybridized carbons (Fsp3) is 0.116. The predicted octanol–water partition coefficient (Wildman–Crippen LogP) is 13.1. The van der Waals surface area contributed by atoms with Crippen molar-refractivity contribution in [1.29, 1.82) is 31.6 Å². The number of benzene rings is 4. The van der Waals surface area contributed by atoms with E-state index < -0.39 is 154 Å². The Morgan fingerprint density at radius 2 is 0.646 bits per heavy atom. The fourth-order valence-corrected chi connectivity index (χ4v) is 7.33. The molecule has 0 radical (unpaired) electrons. The maximum Gasteiger partial charge on any atom is 0.416 e. The lowest BCUT2D eigenvalue weighted by Gasteiger charge is -2.21. The van der Waals surface area contributed by atoms with Crippen molar-refractivity contribution in [3.05, 3.63) is 139 Å². The van der Waals surface area contributed by atoms with Gasteiger partial charge in [-0.15, -0.1) is 0 Å². The van der Waals surface area contributed by atoms with Crippen molar-refractivity contribution in [1.82, 2.24) is 0 Å². The Hall–Kier alpha value is -8.34. The molecule has 0 saturated heterocycles. The van der Waals surface area contributed by atoms with Crippen LogP contribution in [0, 0.1) is 73.8 Å². The van der Waals surface area contributed by atoms with Crippen LogP contribution in [0.15, 0.2) is 71.8 Å². The van der Waals surface area contributed by atoms with E-state index >= 15 is 4.39 Å². The van der Waals surface area contributed by atoms with Gasteiger partial charge in [0.1, 0.15) is 53.4 Å². The van der Waals surface area contributed by atoms with E-state index in [2.05, 4.69) is 0 Å². The van der Waals surface area contributed by atoms with E-state index in [9.17, 15) is 97.4 Å². The molecule has 6 nitrogen and oxygen atoms in total. The Bertz CT molecular complexity index is 2900. The SMILES string of the molecule is N#CC(C#N)=C1C(c2cc(C(F)(F)F)cc(C(F)(F)F)c2)=C(C#N)c2c(F)c3c(c(-c4ccc(C(F)(F)F)cc4)c21)C(=C(C#N)C#N)C(c1cc(C(F)(F)F)cc(C(F)(F)F)c1)=C3C#N. The topological polar surface area (TPSA) is 143 Å². The van der Waals surface area contributed by atoms with Crippen LogP contribution in [0.5, 0.6) is 0 Å². The second-order valence-electron chi connectivity index (χ2n) is 13.5. The number of rotatable bonds is 3. The number of alkyl halides is 15. The van der Waals surface area contributed by atoms with Gasteiger partial charge in [-0.3, -0.25) is 0 Å². The van der Waals surface area contributed by atoms with Crippen molar-refractivity contribution >= 4 is 33.4 Å². The van der Waals surface area contributed by atoms with E-state index in [0.29, 0.717) is 24.3 Å². The van der Waals surface area contributed by atoms with Crippen LogP contribution in [-0.2, 0) is 30.9 Å². The normalized spacial score (nSPS) is 13.9. The minimum absolute atomic E-state index is 0.00292. The molecule has 0 atom stereocenters. The Kier molecular flexibility index (Phi) is 11.0. The highest BCUT2D eigenvalue weighted by Crippen LogP contribution is 2.61. The van der Waals surface area contributed by atoms with Gasteiger partial charge in [0.15, 0.2) is 0 Å². The number of hydrogen-bond donors (Lipinski definition) is 0. The lowest BCUT2D eigenvalue weighted by Crippen LogP contribution is -2.12. The first kappa shape index (κ1) is 46.2. The third kappa shape index (κ3) is 7.77. The third-order valence-electron chi connectivity index (χ3n) is 9.86. The number of halogens is 16. The van der Waals surface area contributed by atoms with Crippen molar-refractivity contribution < 1.29 is 70.2 Å². The first-order chi connectivity index (χ1) is 30.1. The average molecular weight is 915 g/mol. The minimum Gasteiger partial charge on any atom is -0.206 e. The van der Waals surface area contributed by atoms with Gasteiger partial charge in [0.2, 0.25) is 0 Å². The highest BCUT2D eigenvalue weighted by atomic mass is 19.4. The molecule has 4 aromatic carbocycles. The highest BCUT2D eigenvalue weighted by Gasteiger charge is 2.47. The van der Waals surface area contributed by atoms with E-state index in [1.165, 1.54) is 36.4 Å². The summed E-state index contributed by atoms with van der Waals surface area (Å²) < 4.78 is 230. The smallest absolute Gasteiger partial charge is 0.206 e. The molecule has 2 aliphatic rings. The molecule has 0 aliphatic heterocycles. The van der Waals surface area contributed by atoms with Gasteiger partial charge in [0.05, 0.1) is 39.0 Å². The van der Waals surface area contributed by atoms with Crippen LogP contribution >= 0.6 is 0 Å². The van der Waals surface area contributed by atoms with Gasteiger partial charge in [-0.05, 0) is 70.8 Å². The summed E-state index contributed by atoms with van der Waals surface area (Å²) in [6.07, 6.45) is -27.5. The quantitative estimate of drug-likeness (QED) is 0.148. The first-order valence-corrected chi connectivity index (χ1v) is 17.2. The lowest BCUT2D eigenvalue weighted by molar-refractivity contribution is -0.144. The maximum atomic E-state index is 17.8. The van der Waals surface area contributed by atoms with E-state index in [0.717, 1.165) is 0 Å². The van der Waals surface area contributed by atoms with Gasteiger partial charge in [-0.25, -0.2) is 4.39 Å².